The van der Waals surface area contributed by atoms with Crippen LogP contribution in [-0.2, 0) is 4.79 Å². The molecule has 0 bridgehead atoms. The van der Waals surface area contributed by atoms with Gasteiger partial charge in [0, 0.05) is 44.0 Å². The minimum Gasteiger partial charge on any atom is -0.465 e. The van der Waals surface area contributed by atoms with E-state index < -0.39 is 17.7 Å². The maximum absolute atomic E-state index is 15.1. The second-order valence-electron chi connectivity index (χ2n) is 9.53. The van der Waals surface area contributed by atoms with Crippen LogP contribution in [-0.4, -0.2) is 62.6 Å². The number of amides is 2. The second kappa shape index (κ2) is 11.2. The lowest BCUT2D eigenvalue weighted by atomic mass is 10.1. The predicted molar refractivity (Wildman–Crippen MR) is 139 cm³/mol. The monoisotopic (exact) mass is 538 g/mol. The molecule has 4 heterocycles. The van der Waals surface area contributed by atoms with Crippen molar-refractivity contribution in [2.75, 3.05) is 29.9 Å². The average Bonchev–Trinajstić information content (AvgIpc) is 3.32. The number of rotatable bonds is 7. The molecule has 204 valence electrons. The highest BCUT2D eigenvalue weighted by atomic mass is 19.2. The summed E-state index contributed by atoms with van der Waals surface area (Å²) in [4.78, 5) is 39.4. The number of nitrogens with one attached hydrogen (secondary N) is 1. The molecule has 0 saturated carbocycles. The van der Waals surface area contributed by atoms with Gasteiger partial charge in [0.15, 0.2) is 11.6 Å². The number of carbonyl (C=O) groups excluding carboxylic acids is 1. The Morgan fingerprint density at radius 3 is 2.74 bits per heavy atom. The quantitative estimate of drug-likeness (QED) is 0.435. The highest BCUT2D eigenvalue weighted by Crippen LogP contribution is 2.36. The minimum absolute atomic E-state index is 0.00575. The summed E-state index contributed by atoms with van der Waals surface area (Å²) < 4.78 is 35.9. The summed E-state index contributed by atoms with van der Waals surface area (Å²) in [5.74, 6) is -2.87. The first-order chi connectivity index (χ1) is 18.9. The first-order valence-corrected chi connectivity index (χ1v) is 12.9. The van der Waals surface area contributed by atoms with E-state index in [1.165, 1.54) is 34.3 Å². The SMILES string of the molecule is CCC1CCN(c2ccc(Oc3ncccc3-c3ccnc(N[C@H]4CCCN(C(=O)O)C4)n3)c(F)c2F)C1=O. The number of piperidine rings is 1. The largest absolute Gasteiger partial charge is 0.465 e. The maximum atomic E-state index is 15.1. The van der Waals surface area contributed by atoms with Gasteiger partial charge >= 0.3 is 6.09 Å². The first kappa shape index (κ1) is 26.3. The Hall–Kier alpha value is -4.35. The minimum atomic E-state index is -1.22. The van der Waals surface area contributed by atoms with Crippen molar-refractivity contribution in [3.8, 4) is 22.9 Å². The molecule has 2 saturated heterocycles. The Kier molecular flexibility index (Phi) is 7.53. The average molecular weight is 539 g/mol. The van der Waals surface area contributed by atoms with Crippen LogP contribution in [0.4, 0.5) is 25.2 Å². The fourth-order valence-corrected chi connectivity index (χ4v) is 4.97. The molecule has 0 aliphatic carbocycles. The standard InChI is InChI=1S/C27H28F2N6O4/c1-2-16-10-14-35(25(16)36)20-7-8-21(23(29)22(20)28)39-24-18(6-3-11-30-24)19-9-12-31-26(33-19)32-17-5-4-13-34(15-17)27(37)38/h3,6-9,11-12,16-17H,2,4-5,10,13-15H2,1H3,(H,37,38)(H,31,32,33)/t16?,17-/m0/s1. The number of ether oxygens (including phenoxy) is 1. The lowest BCUT2D eigenvalue weighted by Crippen LogP contribution is -2.44. The number of aromatic nitrogens is 3. The molecule has 12 heteroatoms. The number of halogens is 2. The summed E-state index contributed by atoms with van der Waals surface area (Å²) in [6.45, 7) is 3.02. The number of nitrogens with zero attached hydrogens (tertiary/aromatic N) is 5. The third-order valence-electron chi connectivity index (χ3n) is 7.06. The molecule has 1 aromatic carbocycles. The van der Waals surface area contributed by atoms with E-state index in [0.29, 0.717) is 49.7 Å². The van der Waals surface area contributed by atoms with E-state index in [-0.39, 0.29) is 35.2 Å². The number of carboxylic acid groups (broad SMARTS) is 1. The molecule has 10 nitrogen and oxygen atoms in total. The second-order valence-corrected chi connectivity index (χ2v) is 9.53. The van der Waals surface area contributed by atoms with Crippen molar-refractivity contribution in [3.63, 3.8) is 0 Å². The number of likely N-dealkylation sites (tertiary alicyclic amines) is 1. The van der Waals surface area contributed by atoms with E-state index in [2.05, 4.69) is 20.3 Å². The summed E-state index contributed by atoms with van der Waals surface area (Å²) in [5, 5.41) is 12.5. The van der Waals surface area contributed by atoms with Crippen molar-refractivity contribution in [2.24, 2.45) is 5.92 Å². The van der Waals surface area contributed by atoms with E-state index in [4.69, 9.17) is 4.74 Å². The molecule has 2 aliphatic heterocycles. The van der Waals surface area contributed by atoms with E-state index in [1.54, 1.807) is 18.2 Å². The fraction of sp³-hybridized carbons (Fsp3) is 0.370. The number of benzene rings is 1. The first-order valence-electron chi connectivity index (χ1n) is 12.9. The van der Waals surface area contributed by atoms with Crippen LogP contribution in [0.3, 0.4) is 0 Å². The third-order valence-corrected chi connectivity index (χ3v) is 7.06. The molecule has 2 atom stereocenters. The molecule has 2 fully saturated rings. The van der Waals surface area contributed by atoms with Gasteiger partial charge < -0.3 is 25.0 Å². The Labute approximate surface area is 223 Å². The van der Waals surface area contributed by atoms with Crippen LogP contribution in [0.25, 0.3) is 11.3 Å². The Morgan fingerprint density at radius 2 is 1.97 bits per heavy atom. The molecule has 2 aromatic heterocycles. The number of anilines is 2. The lowest BCUT2D eigenvalue weighted by Gasteiger charge is -2.31. The van der Waals surface area contributed by atoms with E-state index in [9.17, 15) is 14.7 Å². The van der Waals surface area contributed by atoms with Crippen LogP contribution < -0.4 is 15.0 Å². The van der Waals surface area contributed by atoms with Crippen molar-refractivity contribution in [2.45, 2.75) is 38.6 Å². The van der Waals surface area contributed by atoms with E-state index in [0.717, 1.165) is 12.8 Å². The van der Waals surface area contributed by atoms with E-state index >= 15 is 8.78 Å². The van der Waals surface area contributed by atoms with Crippen LogP contribution in [0, 0.1) is 17.6 Å². The van der Waals surface area contributed by atoms with Crippen LogP contribution >= 0.6 is 0 Å². The van der Waals surface area contributed by atoms with Crippen molar-refractivity contribution < 1.29 is 28.2 Å². The molecule has 39 heavy (non-hydrogen) atoms. The highest BCUT2D eigenvalue weighted by Gasteiger charge is 2.34. The van der Waals surface area contributed by atoms with Crippen molar-refractivity contribution >= 4 is 23.6 Å². The fourth-order valence-electron chi connectivity index (χ4n) is 4.97. The zero-order chi connectivity index (χ0) is 27.5. The van der Waals surface area contributed by atoms with Crippen molar-refractivity contribution in [1.29, 1.82) is 0 Å². The zero-order valence-corrected chi connectivity index (χ0v) is 21.3. The predicted octanol–water partition coefficient (Wildman–Crippen LogP) is 4.93. The molecule has 2 N–H and O–H groups in total. The highest BCUT2D eigenvalue weighted by molar-refractivity contribution is 5.97. The van der Waals surface area contributed by atoms with Gasteiger partial charge in [0.05, 0.1) is 16.9 Å². The number of hydrogen-bond donors (Lipinski definition) is 2. The molecule has 5 rings (SSSR count). The molecule has 3 aromatic rings. The molecular weight excluding hydrogens is 510 g/mol. The van der Waals surface area contributed by atoms with E-state index in [1.807, 2.05) is 6.92 Å². The summed E-state index contributed by atoms with van der Waals surface area (Å²) in [6.07, 6.45) is 4.74. The van der Waals surface area contributed by atoms with Crippen molar-refractivity contribution in [1.82, 2.24) is 19.9 Å². The molecular formula is C27H28F2N6O4. The number of hydrogen-bond acceptors (Lipinski definition) is 7. The third kappa shape index (κ3) is 5.45. The van der Waals surface area contributed by atoms with Crippen LogP contribution in [0.1, 0.15) is 32.6 Å². The van der Waals surface area contributed by atoms with Gasteiger partial charge in [-0.3, -0.25) is 4.79 Å². The molecule has 1 unspecified atom stereocenters. The van der Waals surface area contributed by atoms with Gasteiger partial charge in [0.1, 0.15) is 0 Å². The molecule has 0 radical (unpaired) electrons. The van der Waals surface area contributed by atoms with Crippen LogP contribution in [0.15, 0.2) is 42.7 Å². The smallest absolute Gasteiger partial charge is 0.407 e. The zero-order valence-electron chi connectivity index (χ0n) is 21.3. The summed E-state index contributed by atoms with van der Waals surface area (Å²) >= 11 is 0. The van der Waals surface area contributed by atoms with Gasteiger partial charge in [-0.15, -0.1) is 0 Å². The van der Waals surface area contributed by atoms with Gasteiger partial charge in [-0.25, -0.2) is 24.1 Å². The van der Waals surface area contributed by atoms with Gasteiger partial charge in [-0.05, 0) is 56.0 Å². The Balaban J connectivity index is 1.36. The number of pyridine rings is 1. The Bertz CT molecular complexity index is 1390. The van der Waals surface area contributed by atoms with Crippen LogP contribution in [0.5, 0.6) is 11.6 Å². The molecule has 0 spiro atoms. The Morgan fingerprint density at radius 1 is 1.13 bits per heavy atom. The summed E-state index contributed by atoms with van der Waals surface area (Å²) in [5.41, 5.74) is 0.730. The molecule has 2 aliphatic rings. The summed E-state index contributed by atoms with van der Waals surface area (Å²) in [6, 6.07) is 7.43. The van der Waals surface area contributed by atoms with Gasteiger partial charge in [-0.2, -0.15) is 4.39 Å². The van der Waals surface area contributed by atoms with Crippen LogP contribution in [0.2, 0.25) is 0 Å². The lowest BCUT2D eigenvalue weighted by molar-refractivity contribution is -0.120. The molecule has 2 amide bonds. The van der Waals surface area contributed by atoms with Crippen molar-refractivity contribution in [3.05, 3.63) is 54.4 Å². The van der Waals surface area contributed by atoms with Gasteiger partial charge in [0.2, 0.25) is 23.6 Å². The van der Waals surface area contributed by atoms with Gasteiger partial charge in [-0.1, -0.05) is 6.92 Å². The van der Waals surface area contributed by atoms with Gasteiger partial charge in [0.25, 0.3) is 0 Å². The number of carbonyl (C=O) groups is 2. The maximum Gasteiger partial charge on any atom is 0.407 e. The topological polar surface area (TPSA) is 121 Å². The normalized spacial score (nSPS) is 19.3. The summed E-state index contributed by atoms with van der Waals surface area (Å²) in [7, 11) is 0.